The van der Waals surface area contributed by atoms with E-state index in [0.717, 1.165) is 35.0 Å². The molecule has 0 bridgehead atoms. The number of aromatic nitrogens is 1. The lowest BCUT2D eigenvalue weighted by Gasteiger charge is -2.22. The summed E-state index contributed by atoms with van der Waals surface area (Å²) in [5.41, 5.74) is 0. The third kappa shape index (κ3) is 3.95. The molecule has 3 nitrogen and oxygen atoms in total. The highest BCUT2D eigenvalue weighted by molar-refractivity contribution is 9.10. The second-order valence-corrected chi connectivity index (χ2v) is 6.25. The van der Waals surface area contributed by atoms with Gasteiger partial charge in [0, 0.05) is 35.0 Å². The molecule has 0 radical (unpaired) electrons. The molecule has 1 aliphatic rings. The molecule has 0 amide bonds. The van der Waals surface area contributed by atoms with Crippen LogP contribution in [0, 0.1) is 5.92 Å². The maximum atomic E-state index is 5.49. The summed E-state index contributed by atoms with van der Waals surface area (Å²) >= 11 is 5.35. The van der Waals surface area contributed by atoms with E-state index in [1.54, 1.807) is 11.8 Å². The minimum Gasteiger partial charge on any atom is -0.381 e. The van der Waals surface area contributed by atoms with Crippen molar-refractivity contribution >= 4 is 27.7 Å². The van der Waals surface area contributed by atoms with Gasteiger partial charge in [-0.3, -0.25) is 0 Å². The van der Waals surface area contributed by atoms with Gasteiger partial charge in [0.1, 0.15) is 5.03 Å². The summed E-state index contributed by atoms with van der Waals surface area (Å²) < 4.78 is 6.56. The number of hydrogen-bond acceptors (Lipinski definition) is 4. The molecule has 1 aromatic rings. The van der Waals surface area contributed by atoms with E-state index in [4.69, 9.17) is 4.74 Å². The molecule has 2 heterocycles. The molecule has 1 fully saturated rings. The van der Waals surface area contributed by atoms with Crippen molar-refractivity contribution in [3.63, 3.8) is 0 Å². The highest BCUT2D eigenvalue weighted by atomic mass is 79.9. The minimum atomic E-state index is 0.511. The van der Waals surface area contributed by atoms with E-state index in [9.17, 15) is 0 Å². The first-order chi connectivity index (χ1) is 8.81. The van der Waals surface area contributed by atoms with Crippen LogP contribution < -0.4 is 5.32 Å². The molecule has 0 aromatic carbocycles. The van der Waals surface area contributed by atoms with Gasteiger partial charge in [0.25, 0.3) is 0 Å². The molecule has 5 heteroatoms. The van der Waals surface area contributed by atoms with Gasteiger partial charge in [0.2, 0.25) is 0 Å². The first kappa shape index (κ1) is 14.3. The van der Waals surface area contributed by atoms with E-state index in [-0.39, 0.29) is 0 Å². The van der Waals surface area contributed by atoms with Crippen molar-refractivity contribution < 1.29 is 4.74 Å². The average molecular weight is 331 g/mol. The molecule has 18 heavy (non-hydrogen) atoms. The zero-order valence-electron chi connectivity index (χ0n) is 10.6. The highest BCUT2D eigenvalue weighted by Crippen LogP contribution is 2.27. The van der Waals surface area contributed by atoms with E-state index < -0.39 is 0 Å². The van der Waals surface area contributed by atoms with Crippen molar-refractivity contribution in [3.8, 4) is 0 Å². The first-order valence-corrected chi connectivity index (χ1v) is 8.13. The fourth-order valence-electron chi connectivity index (χ4n) is 2.14. The Kier molecular flexibility index (Phi) is 5.95. The van der Waals surface area contributed by atoms with Gasteiger partial charge in [-0.05, 0) is 41.0 Å². The van der Waals surface area contributed by atoms with Gasteiger partial charge in [-0.25, -0.2) is 4.98 Å². The SMILES string of the molecule is CCNC(CSc1ncccc1Br)C1CCOC1. The van der Waals surface area contributed by atoms with E-state index in [0.29, 0.717) is 12.0 Å². The van der Waals surface area contributed by atoms with Gasteiger partial charge in [-0.1, -0.05) is 6.92 Å². The minimum absolute atomic E-state index is 0.511. The largest absolute Gasteiger partial charge is 0.381 e. The van der Waals surface area contributed by atoms with Gasteiger partial charge in [0.15, 0.2) is 0 Å². The van der Waals surface area contributed by atoms with Crippen molar-refractivity contribution in [2.75, 3.05) is 25.5 Å². The summed E-state index contributed by atoms with van der Waals surface area (Å²) in [6, 6.07) is 4.49. The molecule has 2 unspecified atom stereocenters. The van der Waals surface area contributed by atoms with Crippen LogP contribution in [0.3, 0.4) is 0 Å². The van der Waals surface area contributed by atoms with Gasteiger partial charge >= 0.3 is 0 Å². The number of pyridine rings is 1. The maximum Gasteiger partial charge on any atom is 0.110 e. The zero-order valence-corrected chi connectivity index (χ0v) is 13.0. The summed E-state index contributed by atoms with van der Waals surface area (Å²) in [4.78, 5) is 4.39. The van der Waals surface area contributed by atoms with Crippen molar-refractivity contribution in [3.05, 3.63) is 22.8 Å². The molecule has 2 rings (SSSR count). The monoisotopic (exact) mass is 330 g/mol. The molecular formula is C13H19BrN2OS. The Morgan fingerprint density at radius 2 is 2.56 bits per heavy atom. The molecule has 0 aliphatic carbocycles. The Morgan fingerprint density at radius 1 is 1.67 bits per heavy atom. The Morgan fingerprint density at radius 3 is 3.22 bits per heavy atom. The second-order valence-electron chi connectivity index (χ2n) is 4.39. The molecule has 1 aromatic heterocycles. The Balaban J connectivity index is 1.91. The maximum absolute atomic E-state index is 5.49. The smallest absolute Gasteiger partial charge is 0.110 e. The summed E-state index contributed by atoms with van der Waals surface area (Å²) in [7, 11) is 0. The molecule has 2 atom stereocenters. The van der Waals surface area contributed by atoms with Crippen LogP contribution >= 0.6 is 27.7 Å². The predicted molar refractivity (Wildman–Crippen MR) is 79.1 cm³/mol. The van der Waals surface area contributed by atoms with Crippen LogP contribution in [0.2, 0.25) is 0 Å². The second kappa shape index (κ2) is 7.48. The molecule has 1 saturated heterocycles. The summed E-state index contributed by atoms with van der Waals surface area (Å²) in [6.45, 7) is 4.96. The number of hydrogen-bond donors (Lipinski definition) is 1. The van der Waals surface area contributed by atoms with Crippen molar-refractivity contribution in [2.24, 2.45) is 5.92 Å². The van der Waals surface area contributed by atoms with Gasteiger partial charge in [-0.2, -0.15) is 0 Å². The average Bonchev–Trinajstić information content (AvgIpc) is 2.90. The first-order valence-electron chi connectivity index (χ1n) is 6.35. The predicted octanol–water partition coefficient (Wildman–Crippen LogP) is 2.95. The Bertz CT molecular complexity index is 372. The van der Waals surface area contributed by atoms with Crippen LogP contribution in [0.15, 0.2) is 27.8 Å². The molecular weight excluding hydrogens is 312 g/mol. The molecule has 0 spiro atoms. The van der Waals surface area contributed by atoms with Crippen LogP contribution in [0.25, 0.3) is 0 Å². The van der Waals surface area contributed by atoms with Crippen LogP contribution in [0.4, 0.5) is 0 Å². The Labute approximate surface area is 121 Å². The summed E-state index contributed by atoms with van der Waals surface area (Å²) in [5.74, 6) is 1.68. The van der Waals surface area contributed by atoms with Crippen LogP contribution in [-0.2, 0) is 4.74 Å². The van der Waals surface area contributed by atoms with Gasteiger partial charge in [-0.15, -0.1) is 11.8 Å². The van der Waals surface area contributed by atoms with Gasteiger partial charge in [0.05, 0.1) is 6.61 Å². The van der Waals surface area contributed by atoms with Crippen LogP contribution in [-0.4, -0.2) is 36.5 Å². The molecule has 1 aliphatic heterocycles. The lowest BCUT2D eigenvalue weighted by atomic mass is 10.0. The lowest BCUT2D eigenvalue weighted by Crippen LogP contribution is -2.38. The molecule has 0 saturated carbocycles. The van der Waals surface area contributed by atoms with Crippen molar-refractivity contribution in [2.45, 2.75) is 24.4 Å². The molecule has 1 N–H and O–H groups in total. The third-order valence-corrected chi connectivity index (χ3v) is 5.15. The topological polar surface area (TPSA) is 34.2 Å². The highest BCUT2D eigenvalue weighted by Gasteiger charge is 2.25. The van der Waals surface area contributed by atoms with Crippen molar-refractivity contribution in [1.29, 1.82) is 0 Å². The number of thioether (sulfide) groups is 1. The Hall–Kier alpha value is -0.100. The van der Waals surface area contributed by atoms with Crippen molar-refractivity contribution in [1.82, 2.24) is 10.3 Å². The third-order valence-electron chi connectivity index (χ3n) is 3.12. The number of rotatable bonds is 6. The van der Waals surface area contributed by atoms with E-state index >= 15 is 0 Å². The van der Waals surface area contributed by atoms with E-state index in [1.165, 1.54) is 6.42 Å². The number of halogens is 1. The number of nitrogens with zero attached hydrogens (tertiary/aromatic N) is 1. The molecule has 100 valence electrons. The van der Waals surface area contributed by atoms with Crippen LogP contribution in [0.1, 0.15) is 13.3 Å². The lowest BCUT2D eigenvalue weighted by molar-refractivity contribution is 0.179. The van der Waals surface area contributed by atoms with E-state index in [1.807, 2.05) is 18.3 Å². The fourth-order valence-corrected chi connectivity index (χ4v) is 3.81. The summed E-state index contributed by atoms with van der Waals surface area (Å²) in [5, 5.41) is 4.64. The summed E-state index contributed by atoms with van der Waals surface area (Å²) in [6.07, 6.45) is 3.01. The van der Waals surface area contributed by atoms with Gasteiger partial charge < -0.3 is 10.1 Å². The zero-order chi connectivity index (χ0) is 12.8. The normalized spacial score (nSPS) is 21.1. The number of nitrogens with one attached hydrogen (secondary N) is 1. The standard InChI is InChI=1S/C13H19BrN2OS/c1-2-15-12(10-5-7-17-8-10)9-18-13-11(14)4-3-6-16-13/h3-4,6,10,12,15H,2,5,7-9H2,1H3. The van der Waals surface area contributed by atoms with E-state index in [2.05, 4.69) is 33.2 Å². The number of ether oxygens (including phenoxy) is 1. The fraction of sp³-hybridized carbons (Fsp3) is 0.615. The quantitative estimate of drug-likeness (QED) is 0.813. The van der Waals surface area contributed by atoms with Crippen LogP contribution in [0.5, 0.6) is 0 Å².